The van der Waals surface area contributed by atoms with Crippen molar-refractivity contribution in [2.24, 2.45) is 5.73 Å². The Morgan fingerprint density at radius 1 is 1.50 bits per heavy atom. The second kappa shape index (κ2) is 6.17. The molecule has 1 saturated heterocycles. The summed E-state index contributed by atoms with van der Waals surface area (Å²) in [4.78, 5) is 4.91. The Labute approximate surface area is 87.6 Å². The first kappa shape index (κ1) is 11.7. The number of nitrogens with two attached hydrogens (primary N) is 1. The van der Waals surface area contributed by atoms with Crippen LogP contribution in [0.5, 0.6) is 0 Å². The number of rotatable bonds is 4. The van der Waals surface area contributed by atoms with Crippen LogP contribution in [0.3, 0.4) is 0 Å². The van der Waals surface area contributed by atoms with Crippen LogP contribution >= 0.6 is 0 Å². The largest absolute Gasteiger partial charge is 0.330 e. The molecule has 1 aliphatic rings. The average Bonchev–Trinajstić information content (AvgIpc) is 2.31. The summed E-state index contributed by atoms with van der Waals surface area (Å²) in [5, 5.41) is 0. The minimum Gasteiger partial charge on any atom is -0.330 e. The van der Waals surface area contributed by atoms with Gasteiger partial charge in [0.1, 0.15) is 0 Å². The van der Waals surface area contributed by atoms with Gasteiger partial charge in [0.05, 0.1) is 0 Å². The maximum atomic E-state index is 5.63. The Morgan fingerprint density at radius 2 is 2.29 bits per heavy atom. The topological polar surface area (TPSA) is 32.5 Å². The summed E-state index contributed by atoms with van der Waals surface area (Å²) in [7, 11) is 2.21. The third kappa shape index (κ3) is 3.40. The summed E-state index contributed by atoms with van der Waals surface area (Å²) < 4.78 is 0. The fourth-order valence-corrected chi connectivity index (χ4v) is 2.11. The zero-order valence-corrected chi connectivity index (χ0v) is 9.28. The van der Waals surface area contributed by atoms with Crippen molar-refractivity contribution in [1.29, 1.82) is 0 Å². The van der Waals surface area contributed by atoms with Crippen LogP contribution in [0.2, 0.25) is 0 Å². The molecular weight excluding hydrogens is 174 g/mol. The van der Waals surface area contributed by atoms with Gasteiger partial charge in [0, 0.05) is 19.1 Å². The molecule has 1 atom stereocenters. The zero-order chi connectivity index (χ0) is 10.4. The molecular formula is C11H23N3. The molecule has 1 aliphatic heterocycles. The van der Waals surface area contributed by atoms with Gasteiger partial charge in [-0.05, 0) is 39.5 Å². The maximum Gasteiger partial charge on any atom is 0.0232 e. The van der Waals surface area contributed by atoms with E-state index in [4.69, 9.17) is 5.73 Å². The monoisotopic (exact) mass is 197 g/mol. The van der Waals surface area contributed by atoms with Gasteiger partial charge in [0.15, 0.2) is 0 Å². The highest BCUT2D eigenvalue weighted by Crippen LogP contribution is 2.10. The van der Waals surface area contributed by atoms with E-state index in [1.807, 2.05) is 6.08 Å². The van der Waals surface area contributed by atoms with Gasteiger partial charge in [0.25, 0.3) is 0 Å². The molecule has 3 heteroatoms. The molecule has 0 radical (unpaired) electrons. The molecule has 0 amide bonds. The smallest absolute Gasteiger partial charge is 0.0232 e. The minimum absolute atomic E-state index is 0.627. The van der Waals surface area contributed by atoms with E-state index in [0.29, 0.717) is 6.04 Å². The molecule has 82 valence electrons. The Balaban J connectivity index is 2.47. The van der Waals surface area contributed by atoms with E-state index < -0.39 is 0 Å². The number of hydrogen-bond acceptors (Lipinski definition) is 3. The van der Waals surface area contributed by atoms with Crippen LogP contribution in [0.25, 0.3) is 0 Å². The molecule has 0 spiro atoms. The van der Waals surface area contributed by atoms with Crippen molar-refractivity contribution in [2.45, 2.75) is 18.9 Å². The third-order valence-corrected chi connectivity index (χ3v) is 2.96. The zero-order valence-electron chi connectivity index (χ0n) is 9.28. The van der Waals surface area contributed by atoms with Crippen molar-refractivity contribution in [1.82, 2.24) is 9.80 Å². The molecule has 1 unspecified atom stereocenters. The highest BCUT2D eigenvalue weighted by molar-refractivity contribution is 4.82. The van der Waals surface area contributed by atoms with Gasteiger partial charge in [-0.25, -0.2) is 0 Å². The predicted octanol–water partition coefficient (Wildman–Crippen LogP) is 0.527. The lowest BCUT2D eigenvalue weighted by atomic mass is 10.2. The fourth-order valence-electron chi connectivity index (χ4n) is 2.11. The van der Waals surface area contributed by atoms with Crippen LogP contribution in [0.1, 0.15) is 12.8 Å². The van der Waals surface area contributed by atoms with E-state index >= 15 is 0 Å². The van der Waals surface area contributed by atoms with Crippen LogP contribution in [0.4, 0.5) is 0 Å². The van der Waals surface area contributed by atoms with Crippen molar-refractivity contribution < 1.29 is 0 Å². The van der Waals surface area contributed by atoms with Gasteiger partial charge < -0.3 is 10.6 Å². The van der Waals surface area contributed by atoms with E-state index in [1.165, 1.54) is 19.5 Å². The van der Waals surface area contributed by atoms with Crippen LogP contribution < -0.4 is 5.73 Å². The average molecular weight is 197 g/mol. The number of likely N-dealkylation sites (N-methyl/N-ethyl adjacent to an activating group) is 1. The minimum atomic E-state index is 0.627. The lowest BCUT2D eigenvalue weighted by Crippen LogP contribution is -2.40. The molecule has 0 aliphatic carbocycles. The van der Waals surface area contributed by atoms with Gasteiger partial charge >= 0.3 is 0 Å². The molecule has 14 heavy (non-hydrogen) atoms. The van der Waals surface area contributed by atoms with Crippen molar-refractivity contribution in [3.8, 4) is 0 Å². The first-order valence-electron chi connectivity index (χ1n) is 5.51. The molecule has 1 heterocycles. The molecule has 2 N–H and O–H groups in total. The molecule has 3 nitrogen and oxygen atoms in total. The summed E-state index contributed by atoms with van der Waals surface area (Å²) >= 11 is 0. The Bertz CT molecular complexity index is 170. The highest BCUT2D eigenvalue weighted by atomic mass is 15.2. The van der Waals surface area contributed by atoms with Gasteiger partial charge in [-0.1, -0.05) is 6.08 Å². The summed E-state index contributed by atoms with van der Waals surface area (Å²) in [6.07, 6.45) is 4.35. The van der Waals surface area contributed by atoms with Crippen LogP contribution in [-0.4, -0.2) is 55.6 Å². The van der Waals surface area contributed by atoms with Gasteiger partial charge in [-0.3, -0.25) is 4.90 Å². The number of nitrogens with zero attached hydrogens (tertiary/aromatic N) is 2. The summed E-state index contributed by atoms with van der Waals surface area (Å²) in [5.41, 5.74) is 5.63. The van der Waals surface area contributed by atoms with Crippen molar-refractivity contribution in [3.05, 3.63) is 12.7 Å². The predicted molar refractivity (Wildman–Crippen MR) is 61.3 cm³/mol. The second-order valence-electron chi connectivity index (χ2n) is 4.11. The van der Waals surface area contributed by atoms with E-state index in [-0.39, 0.29) is 0 Å². The van der Waals surface area contributed by atoms with Crippen LogP contribution in [0.15, 0.2) is 12.7 Å². The lowest BCUT2D eigenvalue weighted by Gasteiger charge is -2.28. The van der Waals surface area contributed by atoms with Crippen LogP contribution in [0, 0.1) is 0 Å². The van der Waals surface area contributed by atoms with Gasteiger partial charge in [-0.15, -0.1) is 6.58 Å². The van der Waals surface area contributed by atoms with Crippen molar-refractivity contribution >= 4 is 0 Å². The molecule has 1 rings (SSSR count). The molecule has 0 aromatic carbocycles. The first-order valence-corrected chi connectivity index (χ1v) is 5.51. The quantitative estimate of drug-likeness (QED) is 0.667. The Kier molecular flexibility index (Phi) is 5.15. The lowest BCUT2D eigenvalue weighted by molar-refractivity contribution is 0.209. The normalized spacial score (nSPS) is 26.0. The molecule has 1 fully saturated rings. The molecule has 0 bridgehead atoms. The summed E-state index contributed by atoms with van der Waals surface area (Å²) in [6.45, 7) is 9.12. The molecule has 0 aromatic rings. The standard InChI is InChI=1S/C11H23N3/c1-3-7-14-9-4-8-13(2)11(10-14)5-6-12/h3,11H,1,4-10,12H2,2H3. The Hall–Kier alpha value is -0.380. The van der Waals surface area contributed by atoms with Crippen molar-refractivity contribution in [3.63, 3.8) is 0 Å². The first-order chi connectivity index (χ1) is 6.77. The SMILES string of the molecule is C=CCN1CCCN(C)C(CCN)C1. The van der Waals surface area contributed by atoms with E-state index in [1.54, 1.807) is 0 Å². The third-order valence-electron chi connectivity index (χ3n) is 2.96. The maximum absolute atomic E-state index is 5.63. The fraction of sp³-hybridized carbons (Fsp3) is 0.818. The van der Waals surface area contributed by atoms with E-state index in [9.17, 15) is 0 Å². The van der Waals surface area contributed by atoms with Crippen LogP contribution in [-0.2, 0) is 0 Å². The summed E-state index contributed by atoms with van der Waals surface area (Å²) in [5.74, 6) is 0. The molecule has 0 aromatic heterocycles. The number of hydrogen-bond donors (Lipinski definition) is 1. The van der Waals surface area contributed by atoms with E-state index in [0.717, 1.165) is 26.1 Å². The van der Waals surface area contributed by atoms with E-state index in [2.05, 4.69) is 23.4 Å². The van der Waals surface area contributed by atoms with Crippen molar-refractivity contribution in [2.75, 3.05) is 39.8 Å². The van der Waals surface area contributed by atoms with Gasteiger partial charge in [0.2, 0.25) is 0 Å². The summed E-state index contributed by atoms with van der Waals surface area (Å²) in [6, 6.07) is 0.627. The second-order valence-corrected chi connectivity index (χ2v) is 4.11. The Morgan fingerprint density at radius 3 is 2.93 bits per heavy atom. The highest BCUT2D eigenvalue weighted by Gasteiger charge is 2.20. The molecule has 0 saturated carbocycles. The van der Waals surface area contributed by atoms with Gasteiger partial charge in [-0.2, -0.15) is 0 Å².